The van der Waals surface area contributed by atoms with Gasteiger partial charge in [0.1, 0.15) is 0 Å². The summed E-state index contributed by atoms with van der Waals surface area (Å²) < 4.78 is 1.89. The van der Waals surface area contributed by atoms with Crippen LogP contribution in [-0.2, 0) is 12.0 Å². The predicted octanol–water partition coefficient (Wildman–Crippen LogP) is 3.11. The lowest BCUT2D eigenvalue weighted by Gasteiger charge is -2.26. The standard InChI is InChI=1S/C18H27N3O/c1-18(2,3)14-7-8-16-15(13-14)19-17(22)21(16)12-11-20-9-5-4-6-10-20/h7-8,13H,4-6,9-12H2,1-3H3,(H,19,22). The lowest BCUT2D eigenvalue weighted by Crippen LogP contribution is -2.34. The number of nitrogens with zero attached hydrogens (tertiary/aromatic N) is 2. The van der Waals surface area contributed by atoms with Crippen LogP contribution in [-0.4, -0.2) is 34.1 Å². The van der Waals surface area contributed by atoms with E-state index in [1.165, 1.54) is 37.9 Å². The van der Waals surface area contributed by atoms with E-state index in [4.69, 9.17) is 0 Å². The van der Waals surface area contributed by atoms with Crippen LogP contribution < -0.4 is 5.69 Å². The maximum Gasteiger partial charge on any atom is 0.326 e. The molecule has 120 valence electrons. The van der Waals surface area contributed by atoms with Gasteiger partial charge in [-0.05, 0) is 49.0 Å². The van der Waals surface area contributed by atoms with E-state index in [0.717, 1.165) is 24.1 Å². The van der Waals surface area contributed by atoms with Crippen molar-refractivity contribution in [2.45, 2.75) is 52.0 Å². The van der Waals surface area contributed by atoms with E-state index in [1.54, 1.807) is 0 Å². The molecule has 1 aliphatic rings. The van der Waals surface area contributed by atoms with Gasteiger partial charge in [-0.3, -0.25) is 4.57 Å². The summed E-state index contributed by atoms with van der Waals surface area (Å²) in [4.78, 5) is 17.7. The molecule has 1 saturated heterocycles. The van der Waals surface area contributed by atoms with Gasteiger partial charge in [-0.2, -0.15) is 0 Å². The summed E-state index contributed by atoms with van der Waals surface area (Å²) >= 11 is 0. The van der Waals surface area contributed by atoms with Crippen LogP contribution in [0.3, 0.4) is 0 Å². The summed E-state index contributed by atoms with van der Waals surface area (Å²) in [6, 6.07) is 6.35. The first kappa shape index (κ1) is 15.3. The van der Waals surface area contributed by atoms with E-state index in [9.17, 15) is 4.79 Å². The molecule has 0 unspecified atom stereocenters. The Kier molecular flexibility index (Phi) is 4.13. The highest BCUT2D eigenvalue weighted by Crippen LogP contribution is 2.25. The van der Waals surface area contributed by atoms with E-state index >= 15 is 0 Å². The van der Waals surface area contributed by atoms with Crippen molar-refractivity contribution in [3.05, 3.63) is 34.2 Å². The summed E-state index contributed by atoms with van der Waals surface area (Å²) in [5.41, 5.74) is 3.34. The number of H-pyrrole nitrogens is 1. The van der Waals surface area contributed by atoms with Gasteiger partial charge in [0.2, 0.25) is 0 Å². The Morgan fingerprint density at radius 2 is 1.82 bits per heavy atom. The second-order valence-electron chi connectivity index (χ2n) is 7.47. The van der Waals surface area contributed by atoms with E-state index in [2.05, 4.69) is 48.9 Å². The lowest BCUT2D eigenvalue weighted by atomic mass is 9.87. The minimum atomic E-state index is 0.0121. The van der Waals surface area contributed by atoms with E-state index < -0.39 is 0 Å². The van der Waals surface area contributed by atoms with Crippen LogP contribution >= 0.6 is 0 Å². The van der Waals surface area contributed by atoms with Crippen molar-refractivity contribution in [1.82, 2.24) is 14.5 Å². The largest absolute Gasteiger partial charge is 0.326 e. The smallest absolute Gasteiger partial charge is 0.306 e. The number of aromatic amines is 1. The van der Waals surface area contributed by atoms with Gasteiger partial charge in [0, 0.05) is 13.1 Å². The van der Waals surface area contributed by atoms with E-state index in [-0.39, 0.29) is 11.1 Å². The Labute approximate surface area is 132 Å². The number of rotatable bonds is 3. The Morgan fingerprint density at radius 1 is 1.09 bits per heavy atom. The van der Waals surface area contributed by atoms with Gasteiger partial charge in [0.05, 0.1) is 11.0 Å². The van der Waals surface area contributed by atoms with Crippen LogP contribution in [0, 0.1) is 0 Å². The van der Waals surface area contributed by atoms with Gasteiger partial charge in [0.25, 0.3) is 0 Å². The third kappa shape index (κ3) is 3.12. The fourth-order valence-electron chi connectivity index (χ4n) is 3.28. The summed E-state index contributed by atoms with van der Waals surface area (Å²) in [7, 11) is 0. The number of likely N-dealkylation sites (tertiary alicyclic amines) is 1. The molecule has 0 saturated carbocycles. The number of benzene rings is 1. The van der Waals surface area contributed by atoms with Gasteiger partial charge < -0.3 is 9.88 Å². The molecule has 3 rings (SSSR count). The number of hydrogen-bond donors (Lipinski definition) is 1. The molecule has 0 amide bonds. The monoisotopic (exact) mass is 301 g/mol. The number of imidazole rings is 1. The molecule has 1 aromatic heterocycles. The highest BCUT2D eigenvalue weighted by atomic mass is 16.1. The van der Waals surface area contributed by atoms with Gasteiger partial charge in [0.15, 0.2) is 0 Å². The second kappa shape index (κ2) is 5.92. The molecular formula is C18H27N3O. The van der Waals surface area contributed by atoms with Crippen LogP contribution in [0.15, 0.2) is 23.0 Å². The predicted molar refractivity (Wildman–Crippen MR) is 91.5 cm³/mol. The Morgan fingerprint density at radius 3 is 2.50 bits per heavy atom. The summed E-state index contributed by atoms with van der Waals surface area (Å²) in [5.74, 6) is 0. The SMILES string of the molecule is CC(C)(C)c1ccc2c(c1)[nH]c(=O)n2CCN1CCCCC1. The molecule has 0 spiro atoms. The van der Waals surface area contributed by atoms with Crippen molar-refractivity contribution < 1.29 is 0 Å². The molecule has 0 radical (unpaired) electrons. The normalized spacial score (nSPS) is 17.2. The van der Waals surface area contributed by atoms with Crippen molar-refractivity contribution in [3.8, 4) is 0 Å². The molecule has 4 heteroatoms. The number of aromatic nitrogens is 2. The van der Waals surface area contributed by atoms with Gasteiger partial charge in [-0.15, -0.1) is 0 Å². The third-order valence-electron chi connectivity index (χ3n) is 4.73. The molecule has 1 N–H and O–H groups in total. The zero-order valence-electron chi connectivity index (χ0n) is 14.0. The highest BCUT2D eigenvalue weighted by Gasteiger charge is 2.16. The first-order chi connectivity index (χ1) is 10.4. The Hall–Kier alpha value is -1.55. The van der Waals surface area contributed by atoms with Crippen molar-refractivity contribution in [2.24, 2.45) is 0 Å². The second-order valence-corrected chi connectivity index (χ2v) is 7.47. The van der Waals surface area contributed by atoms with E-state index in [0.29, 0.717) is 0 Å². The molecule has 22 heavy (non-hydrogen) atoms. The topological polar surface area (TPSA) is 41.0 Å². The summed E-state index contributed by atoms with van der Waals surface area (Å²) in [6.45, 7) is 10.7. The van der Waals surface area contributed by atoms with Crippen LogP contribution in [0.4, 0.5) is 0 Å². The van der Waals surface area contributed by atoms with Gasteiger partial charge in [-0.25, -0.2) is 4.79 Å². The zero-order valence-corrected chi connectivity index (χ0v) is 14.0. The average molecular weight is 301 g/mol. The number of hydrogen-bond acceptors (Lipinski definition) is 2. The van der Waals surface area contributed by atoms with E-state index in [1.807, 2.05) is 4.57 Å². The van der Waals surface area contributed by atoms with Crippen molar-refractivity contribution >= 4 is 11.0 Å². The maximum atomic E-state index is 12.3. The number of fused-ring (bicyclic) bond motifs is 1. The summed E-state index contributed by atoms with van der Waals surface area (Å²) in [6.07, 6.45) is 3.93. The molecule has 1 fully saturated rings. The molecule has 0 atom stereocenters. The molecule has 1 aliphatic heterocycles. The van der Waals surface area contributed by atoms with Gasteiger partial charge >= 0.3 is 5.69 Å². The molecule has 2 aromatic rings. The molecule has 0 bridgehead atoms. The molecule has 0 aliphatic carbocycles. The van der Waals surface area contributed by atoms with Gasteiger partial charge in [-0.1, -0.05) is 33.3 Å². The third-order valence-corrected chi connectivity index (χ3v) is 4.73. The first-order valence-electron chi connectivity index (χ1n) is 8.40. The molecular weight excluding hydrogens is 274 g/mol. The van der Waals surface area contributed by atoms with Crippen LogP contribution in [0.5, 0.6) is 0 Å². The van der Waals surface area contributed by atoms with Crippen LogP contribution in [0.25, 0.3) is 11.0 Å². The quantitative estimate of drug-likeness (QED) is 0.946. The average Bonchev–Trinajstić information content (AvgIpc) is 2.80. The van der Waals surface area contributed by atoms with Crippen molar-refractivity contribution in [2.75, 3.05) is 19.6 Å². The molecule has 2 heterocycles. The Balaban J connectivity index is 1.83. The minimum Gasteiger partial charge on any atom is -0.306 e. The van der Waals surface area contributed by atoms with Crippen LogP contribution in [0.1, 0.15) is 45.6 Å². The molecule has 1 aromatic carbocycles. The van der Waals surface area contributed by atoms with Crippen LogP contribution in [0.2, 0.25) is 0 Å². The number of piperidine rings is 1. The maximum absolute atomic E-state index is 12.3. The fourth-order valence-corrected chi connectivity index (χ4v) is 3.28. The fraction of sp³-hybridized carbons (Fsp3) is 0.611. The lowest BCUT2D eigenvalue weighted by molar-refractivity contribution is 0.221. The highest BCUT2D eigenvalue weighted by molar-refractivity contribution is 5.76. The van der Waals surface area contributed by atoms with Crippen molar-refractivity contribution in [3.63, 3.8) is 0 Å². The van der Waals surface area contributed by atoms with Crippen molar-refractivity contribution in [1.29, 1.82) is 0 Å². The Bertz CT molecular complexity index is 699. The molecule has 4 nitrogen and oxygen atoms in total. The minimum absolute atomic E-state index is 0.0121. The number of nitrogens with one attached hydrogen (secondary N) is 1. The first-order valence-corrected chi connectivity index (χ1v) is 8.40. The summed E-state index contributed by atoms with van der Waals surface area (Å²) in [5, 5.41) is 0. The zero-order chi connectivity index (χ0) is 15.7.